The predicted octanol–water partition coefficient (Wildman–Crippen LogP) is 2.94. The number of nitrogens with zero attached hydrogens (tertiary/aromatic N) is 2. The van der Waals surface area contributed by atoms with Crippen molar-refractivity contribution in [1.82, 2.24) is 20.2 Å². The van der Waals surface area contributed by atoms with E-state index < -0.39 is 0 Å². The molecule has 6 nitrogen and oxygen atoms in total. The van der Waals surface area contributed by atoms with Crippen LogP contribution in [0.25, 0.3) is 0 Å². The second kappa shape index (κ2) is 10.6. The van der Waals surface area contributed by atoms with Gasteiger partial charge in [-0.3, -0.25) is 4.79 Å². The molecule has 1 atom stereocenters. The van der Waals surface area contributed by atoms with Crippen LogP contribution in [-0.2, 0) is 13.1 Å². The van der Waals surface area contributed by atoms with E-state index in [0.717, 1.165) is 42.3 Å². The minimum absolute atomic E-state index is 0.0545. The maximum atomic E-state index is 12.8. The van der Waals surface area contributed by atoms with Crippen LogP contribution in [0, 0.1) is 6.92 Å². The standard InChI is InChI=1S/C21H30ClN5O/c1-16-14-26-20(25-10-8-19-7-2-3-9-24-19)21(28)27(16)12-11-23-15-17-5-4-6-18(22)13-17/h4-6,13-14,19,23-24H,2-3,7-12,15H2,1H3,(H,25,26). The Bertz CT molecular complexity index is 817. The smallest absolute Gasteiger partial charge is 0.293 e. The summed E-state index contributed by atoms with van der Waals surface area (Å²) in [5.74, 6) is 0.441. The van der Waals surface area contributed by atoms with Gasteiger partial charge in [0.15, 0.2) is 5.82 Å². The number of aromatic nitrogens is 2. The van der Waals surface area contributed by atoms with E-state index in [4.69, 9.17) is 11.6 Å². The van der Waals surface area contributed by atoms with Crippen molar-refractivity contribution in [1.29, 1.82) is 0 Å². The third kappa shape index (κ3) is 6.06. The summed E-state index contributed by atoms with van der Waals surface area (Å²) in [7, 11) is 0. The van der Waals surface area contributed by atoms with Crippen LogP contribution in [0.15, 0.2) is 35.3 Å². The van der Waals surface area contributed by atoms with E-state index in [2.05, 4.69) is 20.9 Å². The van der Waals surface area contributed by atoms with Crippen molar-refractivity contribution in [3.8, 4) is 0 Å². The molecule has 3 rings (SSSR count). The number of hydrogen-bond acceptors (Lipinski definition) is 5. The number of hydrogen-bond donors (Lipinski definition) is 3. The summed E-state index contributed by atoms with van der Waals surface area (Å²) in [6.07, 6.45) is 6.54. The predicted molar refractivity (Wildman–Crippen MR) is 115 cm³/mol. The summed E-state index contributed by atoms with van der Waals surface area (Å²) in [5, 5.41) is 10.9. The van der Waals surface area contributed by atoms with Gasteiger partial charge in [0, 0.05) is 49.1 Å². The molecule has 1 unspecified atom stereocenters. The molecule has 0 spiro atoms. The van der Waals surface area contributed by atoms with Crippen molar-refractivity contribution in [3.63, 3.8) is 0 Å². The first kappa shape index (κ1) is 20.8. The van der Waals surface area contributed by atoms with Crippen LogP contribution in [0.2, 0.25) is 5.02 Å². The molecule has 0 bridgehead atoms. The number of benzene rings is 1. The quantitative estimate of drug-likeness (QED) is 0.561. The van der Waals surface area contributed by atoms with Crippen molar-refractivity contribution in [3.05, 3.63) is 57.1 Å². The lowest BCUT2D eigenvalue weighted by molar-refractivity contribution is 0.388. The zero-order valence-corrected chi connectivity index (χ0v) is 17.3. The Kier molecular flexibility index (Phi) is 7.89. The number of aryl methyl sites for hydroxylation is 1. The van der Waals surface area contributed by atoms with Gasteiger partial charge in [-0.2, -0.15) is 0 Å². The molecule has 1 aliphatic rings. The summed E-state index contributed by atoms with van der Waals surface area (Å²) < 4.78 is 1.78. The minimum Gasteiger partial charge on any atom is -0.365 e. The van der Waals surface area contributed by atoms with E-state index in [-0.39, 0.29) is 5.56 Å². The minimum atomic E-state index is -0.0545. The Hall–Kier alpha value is -1.89. The first-order chi connectivity index (χ1) is 13.6. The average molecular weight is 404 g/mol. The van der Waals surface area contributed by atoms with Crippen LogP contribution in [0.5, 0.6) is 0 Å². The van der Waals surface area contributed by atoms with Gasteiger partial charge in [-0.1, -0.05) is 30.2 Å². The topological polar surface area (TPSA) is 71.0 Å². The molecule has 1 aromatic carbocycles. The van der Waals surface area contributed by atoms with Gasteiger partial charge in [-0.05, 0) is 50.4 Å². The largest absolute Gasteiger partial charge is 0.365 e. The van der Waals surface area contributed by atoms with Gasteiger partial charge in [0.05, 0.1) is 0 Å². The fourth-order valence-electron chi connectivity index (χ4n) is 3.58. The van der Waals surface area contributed by atoms with E-state index in [9.17, 15) is 4.79 Å². The number of nitrogens with one attached hydrogen (secondary N) is 3. The Balaban J connectivity index is 1.49. The molecule has 152 valence electrons. The summed E-state index contributed by atoms with van der Waals surface area (Å²) >= 11 is 6.01. The monoisotopic (exact) mass is 403 g/mol. The number of halogens is 1. The van der Waals surface area contributed by atoms with Crippen molar-refractivity contribution in [2.24, 2.45) is 0 Å². The molecule has 2 heterocycles. The summed E-state index contributed by atoms with van der Waals surface area (Å²) in [4.78, 5) is 17.1. The average Bonchev–Trinajstić information content (AvgIpc) is 2.70. The first-order valence-corrected chi connectivity index (χ1v) is 10.5. The molecule has 7 heteroatoms. The summed E-state index contributed by atoms with van der Waals surface area (Å²) in [5.41, 5.74) is 1.94. The SMILES string of the molecule is Cc1cnc(NCCC2CCCCN2)c(=O)n1CCNCc1cccc(Cl)c1. The zero-order chi connectivity index (χ0) is 19.8. The molecule has 0 amide bonds. The Morgan fingerprint density at radius 2 is 2.21 bits per heavy atom. The molecule has 1 saturated heterocycles. The van der Waals surface area contributed by atoms with Crippen LogP contribution in [0.1, 0.15) is 36.9 Å². The number of anilines is 1. The molecule has 28 heavy (non-hydrogen) atoms. The molecular formula is C21H30ClN5O. The molecule has 2 aromatic rings. The summed E-state index contributed by atoms with van der Waals surface area (Å²) in [6.45, 7) is 5.80. The molecular weight excluding hydrogens is 374 g/mol. The Morgan fingerprint density at radius 1 is 1.32 bits per heavy atom. The van der Waals surface area contributed by atoms with Crippen molar-refractivity contribution in [2.45, 2.75) is 51.7 Å². The fourth-order valence-corrected chi connectivity index (χ4v) is 3.79. The van der Waals surface area contributed by atoms with E-state index >= 15 is 0 Å². The van der Waals surface area contributed by atoms with Crippen LogP contribution in [0.3, 0.4) is 0 Å². The molecule has 0 saturated carbocycles. The van der Waals surface area contributed by atoms with Gasteiger partial charge >= 0.3 is 0 Å². The van der Waals surface area contributed by atoms with Gasteiger partial charge in [0.2, 0.25) is 0 Å². The highest BCUT2D eigenvalue weighted by Crippen LogP contribution is 2.11. The van der Waals surface area contributed by atoms with Crippen LogP contribution in [-0.4, -0.2) is 35.2 Å². The van der Waals surface area contributed by atoms with Gasteiger partial charge < -0.3 is 20.5 Å². The van der Waals surface area contributed by atoms with E-state index in [0.29, 0.717) is 24.9 Å². The second-order valence-corrected chi connectivity index (χ2v) is 7.81. The third-order valence-electron chi connectivity index (χ3n) is 5.18. The molecule has 1 fully saturated rings. The zero-order valence-electron chi connectivity index (χ0n) is 16.5. The van der Waals surface area contributed by atoms with E-state index in [1.807, 2.05) is 31.2 Å². The van der Waals surface area contributed by atoms with Gasteiger partial charge in [0.25, 0.3) is 5.56 Å². The Morgan fingerprint density at radius 3 is 3.00 bits per heavy atom. The van der Waals surface area contributed by atoms with Gasteiger partial charge in [-0.25, -0.2) is 4.98 Å². The van der Waals surface area contributed by atoms with E-state index in [1.165, 1.54) is 19.3 Å². The van der Waals surface area contributed by atoms with Crippen LogP contribution < -0.4 is 21.5 Å². The first-order valence-electron chi connectivity index (χ1n) is 10.1. The number of rotatable bonds is 9. The molecule has 0 radical (unpaired) electrons. The third-order valence-corrected chi connectivity index (χ3v) is 5.42. The lowest BCUT2D eigenvalue weighted by Crippen LogP contribution is -2.36. The van der Waals surface area contributed by atoms with Gasteiger partial charge in [-0.15, -0.1) is 0 Å². The number of piperidine rings is 1. The molecule has 3 N–H and O–H groups in total. The van der Waals surface area contributed by atoms with Crippen LogP contribution >= 0.6 is 11.6 Å². The highest BCUT2D eigenvalue weighted by molar-refractivity contribution is 6.30. The fraction of sp³-hybridized carbons (Fsp3) is 0.524. The second-order valence-electron chi connectivity index (χ2n) is 7.37. The molecule has 0 aliphatic carbocycles. The molecule has 1 aromatic heterocycles. The maximum Gasteiger partial charge on any atom is 0.293 e. The van der Waals surface area contributed by atoms with Crippen molar-refractivity contribution < 1.29 is 0 Å². The van der Waals surface area contributed by atoms with Gasteiger partial charge in [0.1, 0.15) is 0 Å². The Labute approximate surface area is 171 Å². The molecule has 1 aliphatic heterocycles. The highest BCUT2D eigenvalue weighted by atomic mass is 35.5. The lowest BCUT2D eigenvalue weighted by Gasteiger charge is -2.23. The summed E-state index contributed by atoms with van der Waals surface area (Å²) in [6, 6.07) is 8.33. The lowest BCUT2D eigenvalue weighted by atomic mass is 10.0. The van der Waals surface area contributed by atoms with Crippen molar-refractivity contribution in [2.75, 3.05) is 25.0 Å². The highest BCUT2D eigenvalue weighted by Gasteiger charge is 2.13. The maximum absolute atomic E-state index is 12.8. The van der Waals surface area contributed by atoms with Crippen molar-refractivity contribution >= 4 is 17.4 Å². The normalized spacial score (nSPS) is 16.9. The van der Waals surface area contributed by atoms with Crippen LogP contribution in [0.4, 0.5) is 5.82 Å². The van der Waals surface area contributed by atoms with E-state index in [1.54, 1.807) is 10.8 Å².